The highest BCUT2D eigenvalue weighted by atomic mass is 16.2. The van der Waals surface area contributed by atoms with Crippen LogP contribution in [0.3, 0.4) is 0 Å². The maximum atomic E-state index is 12.9. The minimum atomic E-state index is -0.191. The van der Waals surface area contributed by atoms with Gasteiger partial charge in [-0.3, -0.25) is 9.89 Å². The van der Waals surface area contributed by atoms with Gasteiger partial charge in [0.25, 0.3) is 5.91 Å². The Bertz CT molecular complexity index is 1010. The molecule has 1 amide bonds. The first-order chi connectivity index (χ1) is 12.4. The van der Waals surface area contributed by atoms with Crippen LogP contribution in [-0.4, -0.2) is 31.0 Å². The summed E-state index contributed by atoms with van der Waals surface area (Å²) in [6.45, 7) is 6.29. The van der Waals surface area contributed by atoms with Crippen molar-refractivity contribution in [1.82, 2.24) is 25.1 Å². The number of nitrogen functional groups attached to an aromatic ring is 1. The van der Waals surface area contributed by atoms with Crippen molar-refractivity contribution in [3.63, 3.8) is 0 Å². The number of hydrogen-bond acceptors (Lipinski definition) is 5. The summed E-state index contributed by atoms with van der Waals surface area (Å²) in [5, 5.41) is 6.91. The minimum absolute atomic E-state index is 0.131. The van der Waals surface area contributed by atoms with E-state index in [9.17, 15) is 4.79 Å². The Morgan fingerprint density at radius 3 is 2.77 bits per heavy atom. The van der Waals surface area contributed by atoms with Gasteiger partial charge in [-0.1, -0.05) is 23.8 Å². The third kappa shape index (κ3) is 2.61. The molecule has 7 heteroatoms. The number of nitrogens with two attached hydrogens (primary N) is 1. The number of carbonyl (C=O) groups excluding carboxylic acids is 1. The molecule has 0 saturated carbocycles. The molecular formula is C19H20N6O. The number of benzene rings is 1. The fourth-order valence-corrected chi connectivity index (χ4v) is 3.43. The second kappa shape index (κ2) is 5.94. The summed E-state index contributed by atoms with van der Waals surface area (Å²) in [6, 6.07) is 9.65. The minimum Gasteiger partial charge on any atom is -0.368 e. The summed E-state index contributed by atoms with van der Waals surface area (Å²) in [5.74, 6) is 0.0885. The molecule has 26 heavy (non-hydrogen) atoms. The third-order valence-corrected chi connectivity index (χ3v) is 4.73. The molecule has 0 fully saturated rings. The third-order valence-electron chi connectivity index (χ3n) is 4.73. The Labute approximate surface area is 151 Å². The topological polar surface area (TPSA) is 101 Å². The van der Waals surface area contributed by atoms with Gasteiger partial charge >= 0.3 is 0 Å². The van der Waals surface area contributed by atoms with Crippen LogP contribution in [0.15, 0.2) is 30.3 Å². The van der Waals surface area contributed by atoms with Crippen LogP contribution in [0.4, 0.5) is 5.95 Å². The van der Waals surface area contributed by atoms with Gasteiger partial charge in [0, 0.05) is 16.8 Å². The van der Waals surface area contributed by atoms with Crippen molar-refractivity contribution in [2.24, 2.45) is 0 Å². The van der Waals surface area contributed by atoms with E-state index in [-0.39, 0.29) is 17.9 Å². The summed E-state index contributed by atoms with van der Waals surface area (Å²) in [5.41, 5.74) is 11.9. The highest BCUT2D eigenvalue weighted by Gasteiger charge is 2.36. The first-order valence-electron chi connectivity index (χ1n) is 8.50. The molecule has 1 atom stereocenters. The molecule has 7 nitrogen and oxygen atoms in total. The monoisotopic (exact) mass is 348 g/mol. The van der Waals surface area contributed by atoms with Gasteiger partial charge in [-0.05, 0) is 32.9 Å². The van der Waals surface area contributed by atoms with Crippen LogP contribution < -0.4 is 5.73 Å². The number of nitrogens with one attached hydrogen (secondary N) is 1. The fourth-order valence-electron chi connectivity index (χ4n) is 3.43. The molecular weight excluding hydrogens is 328 g/mol. The lowest BCUT2D eigenvalue weighted by atomic mass is 10.0. The molecule has 3 N–H and O–H groups in total. The van der Waals surface area contributed by atoms with Gasteiger partial charge in [0.2, 0.25) is 5.95 Å². The first kappa shape index (κ1) is 16.3. The van der Waals surface area contributed by atoms with E-state index in [1.54, 1.807) is 11.0 Å². The Morgan fingerprint density at radius 2 is 2.08 bits per heavy atom. The lowest BCUT2D eigenvalue weighted by Crippen LogP contribution is -2.28. The largest absolute Gasteiger partial charge is 0.368 e. The van der Waals surface area contributed by atoms with Crippen LogP contribution >= 0.6 is 0 Å². The Balaban J connectivity index is 1.77. The van der Waals surface area contributed by atoms with Gasteiger partial charge in [0.15, 0.2) is 0 Å². The lowest BCUT2D eigenvalue weighted by Gasteiger charge is -2.20. The molecule has 1 aliphatic rings. The van der Waals surface area contributed by atoms with Crippen LogP contribution in [0.2, 0.25) is 0 Å². The van der Waals surface area contributed by atoms with Crippen molar-refractivity contribution in [2.45, 2.75) is 33.4 Å². The number of nitrogens with zero attached hydrogens (tertiary/aromatic N) is 4. The summed E-state index contributed by atoms with van der Waals surface area (Å²) >= 11 is 0. The summed E-state index contributed by atoms with van der Waals surface area (Å²) in [4.78, 5) is 23.5. The summed E-state index contributed by atoms with van der Waals surface area (Å²) in [7, 11) is 0. The zero-order valence-corrected chi connectivity index (χ0v) is 14.9. The average Bonchev–Trinajstić information content (AvgIpc) is 3.18. The van der Waals surface area contributed by atoms with E-state index in [0.717, 1.165) is 33.8 Å². The highest BCUT2D eigenvalue weighted by Crippen LogP contribution is 2.38. The molecule has 0 radical (unpaired) electrons. The normalized spacial score (nSPS) is 16.0. The van der Waals surface area contributed by atoms with Crippen molar-refractivity contribution in [3.8, 4) is 11.3 Å². The molecule has 3 aromatic rings. The second-order valence-corrected chi connectivity index (χ2v) is 6.71. The zero-order chi connectivity index (χ0) is 18.4. The van der Waals surface area contributed by atoms with Crippen LogP contribution in [0.25, 0.3) is 11.3 Å². The van der Waals surface area contributed by atoms with Crippen LogP contribution in [-0.2, 0) is 6.54 Å². The van der Waals surface area contributed by atoms with Gasteiger partial charge < -0.3 is 10.6 Å². The number of aromatic nitrogens is 4. The Hall–Kier alpha value is -3.22. The number of rotatable bonds is 2. The summed E-state index contributed by atoms with van der Waals surface area (Å²) in [6.07, 6.45) is 0. The van der Waals surface area contributed by atoms with E-state index in [4.69, 9.17) is 5.73 Å². The SMILES string of the molecule is Cc1cccc(-c2nc(N)nc3c2CN(C(=O)c2cc(C)[nH]n2)[C@H]3C)c1. The standard InChI is InChI=1S/C19H20N6O/c1-10-5-4-6-13(7-10)17-14-9-25(12(3)16(14)21-19(20)22-17)18(26)15-8-11(2)23-24-15/h4-8,12H,9H2,1-3H3,(H,23,24)(H2,20,21,22)/t12-/m0/s1. The van der Waals surface area contributed by atoms with E-state index in [2.05, 4.69) is 26.2 Å². The van der Waals surface area contributed by atoms with Gasteiger partial charge in [-0.25, -0.2) is 9.97 Å². The number of carbonyl (C=O) groups is 1. The number of anilines is 1. The number of aryl methyl sites for hydroxylation is 2. The van der Waals surface area contributed by atoms with Crippen LogP contribution in [0.5, 0.6) is 0 Å². The highest BCUT2D eigenvalue weighted by molar-refractivity contribution is 5.93. The molecule has 2 aromatic heterocycles. The van der Waals surface area contributed by atoms with Crippen molar-refractivity contribution in [1.29, 1.82) is 0 Å². The lowest BCUT2D eigenvalue weighted by molar-refractivity contribution is 0.0697. The number of hydrogen-bond donors (Lipinski definition) is 2. The van der Waals surface area contributed by atoms with Gasteiger partial charge in [-0.2, -0.15) is 5.10 Å². The molecule has 3 heterocycles. The van der Waals surface area contributed by atoms with E-state index >= 15 is 0 Å². The van der Waals surface area contributed by atoms with Crippen molar-refractivity contribution in [2.75, 3.05) is 5.73 Å². The smallest absolute Gasteiger partial charge is 0.275 e. The van der Waals surface area contributed by atoms with Crippen LogP contribution in [0.1, 0.15) is 46.0 Å². The molecule has 132 valence electrons. The van der Waals surface area contributed by atoms with Gasteiger partial charge in [0.05, 0.1) is 24.0 Å². The molecule has 0 unspecified atom stereocenters. The Kier molecular flexibility index (Phi) is 3.72. The molecule has 4 rings (SSSR count). The fraction of sp³-hybridized carbons (Fsp3) is 0.263. The molecule has 0 aliphatic carbocycles. The van der Waals surface area contributed by atoms with Crippen molar-refractivity contribution < 1.29 is 4.79 Å². The number of aromatic amines is 1. The molecule has 0 bridgehead atoms. The van der Waals surface area contributed by atoms with Gasteiger partial charge in [-0.15, -0.1) is 0 Å². The first-order valence-corrected chi connectivity index (χ1v) is 8.50. The molecule has 0 saturated heterocycles. The molecule has 1 aromatic carbocycles. The number of amides is 1. The molecule has 0 spiro atoms. The predicted molar refractivity (Wildman–Crippen MR) is 98.2 cm³/mol. The van der Waals surface area contributed by atoms with E-state index in [0.29, 0.717) is 12.2 Å². The zero-order valence-electron chi connectivity index (χ0n) is 14.9. The number of fused-ring (bicyclic) bond motifs is 1. The van der Waals surface area contributed by atoms with E-state index < -0.39 is 0 Å². The maximum absolute atomic E-state index is 12.9. The molecule has 1 aliphatic heterocycles. The van der Waals surface area contributed by atoms with Crippen molar-refractivity contribution in [3.05, 3.63) is 58.5 Å². The predicted octanol–water partition coefficient (Wildman–Crippen LogP) is 2.78. The Morgan fingerprint density at radius 1 is 1.27 bits per heavy atom. The second-order valence-electron chi connectivity index (χ2n) is 6.71. The van der Waals surface area contributed by atoms with E-state index in [1.807, 2.05) is 39.0 Å². The summed E-state index contributed by atoms with van der Waals surface area (Å²) < 4.78 is 0. The maximum Gasteiger partial charge on any atom is 0.275 e. The van der Waals surface area contributed by atoms with E-state index in [1.165, 1.54) is 0 Å². The van der Waals surface area contributed by atoms with Gasteiger partial charge in [0.1, 0.15) is 5.69 Å². The average molecular weight is 348 g/mol. The van der Waals surface area contributed by atoms with Crippen molar-refractivity contribution >= 4 is 11.9 Å². The van der Waals surface area contributed by atoms with Crippen LogP contribution in [0, 0.1) is 13.8 Å². The number of H-pyrrole nitrogens is 1. The quantitative estimate of drug-likeness (QED) is 0.741.